The molecule has 2 rings (SSSR count). The number of aromatic nitrogens is 2. The first-order chi connectivity index (χ1) is 7.72. The lowest BCUT2D eigenvalue weighted by molar-refractivity contribution is 0.103. The number of ether oxygens (including phenoxy) is 2. The molecular weight excluding hydrogens is 276 g/mol. The van der Waals surface area contributed by atoms with Crippen molar-refractivity contribution >= 4 is 15.9 Å². The Morgan fingerprint density at radius 1 is 1.69 bits per heavy atom. The zero-order valence-electron chi connectivity index (χ0n) is 8.96. The molecule has 1 N–H and O–H groups in total. The van der Waals surface area contributed by atoms with Crippen molar-refractivity contribution in [2.24, 2.45) is 0 Å². The molecule has 88 valence electrons. The molecule has 1 fully saturated rings. The van der Waals surface area contributed by atoms with E-state index in [-0.39, 0.29) is 11.7 Å². The third-order valence-electron chi connectivity index (χ3n) is 2.47. The van der Waals surface area contributed by atoms with Gasteiger partial charge in [0.2, 0.25) is 0 Å². The molecule has 5 nitrogen and oxygen atoms in total. The Morgan fingerprint density at radius 3 is 3.12 bits per heavy atom. The van der Waals surface area contributed by atoms with Gasteiger partial charge in [-0.05, 0) is 28.8 Å². The van der Waals surface area contributed by atoms with Crippen molar-refractivity contribution in [3.63, 3.8) is 0 Å². The van der Waals surface area contributed by atoms with Crippen LogP contribution in [0.1, 0.15) is 30.5 Å². The number of hydrogen-bond donors (Lipinski definition) is 1. The van der Waals surface area contributed by atoms with Gasteiger partial charge in [-0.2, -0.15) is 0 Å². The van der Waals surface area contributed by atoms with Gasteiger partial charge in [0, 0.05) is 13.7 Å². The van der Waals surface area contributed by atoms with Crippen LogP contribution < -0.4 is 5.56 Å². The molecule has 0 aliphatic carbocycles. The van der Waals surface area contributed by atoms with Crippen LogP contribution in [0, 0.1) is 0 Å². The Kier molecular flexibility index (Phi) is 3.73. The van der Waals surface area contributed by atoms with Crippen LogP contribution in [0.4, 0.5) is 0 Å². The summed E-state index contributed by atoms with van der Waals surface area (Å²) < 4.78 is 10.9. The van der Waals surface area contributed by atoms with Crippen LogP contribution in [-0.4, -0.2) is 23.7 Å². The van der Waals surface area contributed by atoms with E-state index >= 15 is 0 Å². The second-order valence-corrected chi connectivity index (χ2v) is 4.44. The zero-order chi connectivity index (χ0) is 11.5. The highest BCUT2D eigenvalue weighted by molar-refractivity contribution is 9.10. The molecule has 1 saturated heterocycles. The van der Waals surface area contributed by atoms with Crippen molar-refractivity contribution in [3.8, 4) is 0 Å². The topological polar surface area (TPSA) is 64.2 Å². The Labute approximate surface area is 101 Å². The number of aromatic amines is 1. The van der Waals surface area contributed by atoms with Crippen LogP contribution in [0.3, 0.4) is 0 Å². The highest BCUT2D eigenvalue weighted by atomic mass is 79.9. The molecule has 1 aromatic heterocycles. The summed E-state index contributed by atoms with van der Waals surface area (Å²) >= 11 is 3.20. The highest BCUT2D eigenvalue weighted by Crippen LogP contribution is 2.26. The summed E-state index contributed by atoms with van der Waals surface area (Å²) in [6.07, 6.45) is 1.82. The van der Waals surface area contributed by atoms with Gasteiger partial charge in [-0.3, -0.25) is 4.79 Å². The molecule has 1 aliphatic rings. The van der Waals surface area contributed by atoms with E-state index in [0.29, 0.717) is 22.6 Å². The first-order valence-corrected chi connectivity index (χ1v) is 5.91. The van der Waals surface area contributed by atoms with Crippen molar-refractivity contribution < 1.29 is 9.47 Å². The van der Waals surface area contributed by atoms with Gasteiger partial charge in [-0.15, -0.1) is 0 Å². The summed E-state index contributed by atoms with van der Waals surface area (Å²) in [5.74, 6) is 0.595. The van der Waals surface area contributed by atoms with Crippen molar-refractivity contribution in [3.05, 3.63) is 26.3 Å². The van der Waals surface area contributed by atoms with E-state index in [1.54, 1.807) is 7.11 Å². The fraction of sp³-hybridized carbons (Fsp3) is 0.600. The van der Waals surface area contributed by atoms with E-state index in [4.69, 9.17) is 9.47 Å². The van der Waals surface area contributed by atoms with Crippen molar-refractivity contribution in [1.82, 2.24) is 9.97 Å². The molecule has 1 atom stereocenters. The Balaban J connectivity index is 2.35. The predicted molar refractivity (Wildman–Crippen MR) is 61.2 cm³/mol. The van der Waals surface area contributed by atoms with Crippen LogP contribution in [-0.2, 0) is 16.1 Å². The zero-order valence-corrected chi connectivity index (χ0v) is 10.5. The fourth-order valence-corrected chi connectivity index (χ4v) is 2.01. The maximum absolute atomic E-state index is 11.6. The minimum atomic E-state index is -0.187. The highest BCUT2D eigenvalue weighted by Gasteiger charge is 2.21. The third kappa shape index (κ3) is 2.34. The summed E-state index contributed by atoms with van der Waals surface area (Å²) in [5.41, 5.74) is 0.421. The minimum absolute atomic E-state index is 0.0867. The summed E-state index contributed by atoms with van der Waals surface area (Å²) in [7, 11) is 1.57. The van der Waals surface area contributed by atoms with Gasteiger partial charge in [0.25, 0.3) is 5.56 Å². The van der Waals surface area contributed by atoms with Crippen molar-refractivity contribution in [2.45, 2.75) is 25.6 Å². The summed E-state index contributed by atoms with van der Waals surface area (Å²) in [4.78, 5) is 18.7. The summed E-state index contributed by atoms with van der Waals surface area (Å²) in [5, 5.41) is 0. The molecule has 2 heterocycles. The first kappa shape index (κ1) is 11.8. The third-order valence-corrected chi connectivity index (χ3v) is 3.28. The average molecular weight is 289 g/mol. The van der Waals surface area contributed by atoms with E-state index in [0.717, 1.165) is 19.4 Å². The minimum Gasteiger partial charge on any atom is -0.378 e. The smallest absolute Gasteiger partial charge is 0.265 e. The van der Waals surface area contributed by atoms with Crippen LogP contribution in [0.2, 0.25) is 0 Å². The number of rotatable bonds is 3. The molecule has 1 aromatic rings. The van der Waals surface area contributed by atoms with E-state index < -0.39 is 0 Å². The van der Waals surface area contributed by atoms with Crippen molar-refractivity contribution in [2.75, 3.05) is 13.7 Å². The summed E-state index contributed by atoms with van der Waals surface area (Å²) in [6, 6.07) is 0. The quantitative estimate of drug-likeness (QED) is 0.916. The van der Waals surface area contributed by atoms with Gasteiger partial charge in [0.1, 0.15) is 16.4 Å². The maximum Gasteiger partial charge on any atom is 0.265 e. The van der Waals surface area contributed by atoms with Gasteiger partial charge in [0.15, 0.2) is 0 Å². The van der Waals surface area contributed by atoms with E-state index in [9.17, 15) is 4.79 Å². The van der Waals surface area contributed by atoms with Gasteiger partial charge in [-0.1, -0.05) is 0 Å². The molecule has 0 aromatic carbocycles. The van der Waals surface area contributed by atoms with Gasteiger partial charge >= 0.3 is 0 Å². The molecule has 1 aliphatic heterocycles. The lowest BCUT2D eigenvalue weighted by atomic mass is 10.2. The number of nitrogens with zero attached hydrogens (tertiary/aromatic N) is 1. The second-order valence-electron chi connectivity index (χ2n) is 3.65. The Morgan fingerprint density at radius 2 is 2.50 bits per heavy atom. The normalized spacial score (nSPS) is 20.2. The largest absolute Gasteiger partial charge is 0.378 e. The number of methoxy groups -OCH3 is 1. The molecule has 0 bridgehead atoms. The Hall–Kier alpha value is -0.720. The molecule has 0 amide bonds. The monoisotopic (exact) mass is 288 g/mol. The predicted octanol–water partition coefficient (Wildman–Crippen LogP) is 1.53. The van der Waals surface area contributed by atoms with Crippen LogP contribution >= 0.6 is 15.9 Å². The number of hydrogen-bond acceptors (Lipinski definition) is 4. The number of H-pyrrole nitrogens is 1. The number of nitrogens with one attached hydrogen (secondary N) is 1. The second kappa shape index (κ2) is 5.07. The average Bonchev–Trinajstić information content (AvgIpc) is 2.78. The summed E-state index contributed by atoms with van der Waals surface area (Å²) in [6.45, 7) is 1.04. The van der Waals surface area contributed by atoms with Crippen LogP contribution in [0.5, 0.6) is 0 Å². The van der Waals surface area contributed by atoms with Crippen LogP contribution in [0.15, 0.2) is 9.27 Å². The SMILES string of the molecule is COCc1nc(C2CCCO2)[nH]c(=O)c1Br. The molecule has 16 heavy (non-hydrogen) atoms. The maximum atomic E-state index is 11.6. The lowest BCUT2D eigenvalue weighted by Crippen LogP contribution is -2.18. The first-order valence-electron chi connectivity index (χ1n) is 5.11. The lowest BCUT2D eigenvalue weighted by Gasteiger charge is -2.10. The van der Waals surface area contributed by atoms with Gasteiger partial charge in [0.05, 0.1) is 12.3 Å². The van der Waals surface area contributed by atoms with Gasteiger partial charge in [-0.25, -0.2) is 4.98 Å². The molecule has 1 unspecified atom stereocenters. The molecule has 6 heteroatoms. The van der Waals surface area contributed by atoms with E-state index in [1.165, 1.54) is 0 Å². The van der Waals surface area contributed by atoms with Crippen LogP contribution in [0.25, 0.3) is 0 Å². The fourth-order valence-electron chi connectivity index (χ4n) is 1.70. The Bertz CT molecular complexity index is 427. The van der Waals surface area contributed by atoms with Crippen molar-refractivity contribution in [1.29, 1.82) is 0 Å². The van der Waals surface area contributed by atoms with E-state index in [1.807, 2.05) is 0 Å². The standard InChI is InChI=1S/C10H13BrN2O3/c1-15-5-6-8(11)10(14)13-9(12-6)7-3-2-4-16-7/h7H,2-5H2,1H3,(H,12,13,14). The van der Waals surface area contributed by atoms with Gasteiger partial charge < -0.3 is 14.5 Å². The molecular formula is C10H13BrN2O3. The molecule has 0 radical (unpaired) electrons. The number of halogens is 1. The molecule has 0 saturated carbocycles. The van der Waals surface area contributed by atoms with E-state index in [2.05, 4.69) is 25.9 Å². The molecule has 0 spiro atoms.